The SMILES string of the molecule is Nc1cc(-n2ccccc2=O)ccc1-n1cc(CNC(=O)c2ccc(Cl)s2)nn1. The normalized spacial score (nSPS) is 10.8. The number of amides is 1. The summed E-state index contributed by atoms with van der Waals surface area (Å²) in [6.45, 7) is 0.214. The molecule has 1 aromatic carbocycles. The lowest BCUT2D eigenvalue weighted by Crippen LogP contribution is -2.21. The average molecular weight is 427 g/mol. The first-order valence-corrected chi connectivity index (χ1v) is 9.73. The van der Waals surface area contributed by atoms with Crippen molar-refractivity contribution >= 4 is 34.5 Å². The van der Waals surface area contributed by atoms with Gasteiger partial charge in [0.2, 0.25) is 0 Å². The van der Waals surface area contributed by atoms with Gasteiger partial charge in [0.05, 0.1) is 39.0 Å². The highest BCUT2D eigenvalue weighted by molar-refractivity contribution is 7.17. The van der Waals surface area contributed by atoms with Crippen LogP contribution in [0.1, 0.15) is 15.4 Å². The number of anilines is 1. The van der Waals surface area contributed by atoms with Crippen molar-refractivity contribution < 1.29 is 4.79 Å². The van der Waals surface area contributed by atoms with Crippen molar-refractivity contribution in [2.24, 2.45) is 0 Å². The summed E-state index contributed by atoms with van der Waals surface area (Å²) in [5, 5.41) is 10.9. The van der Waals surface area contributed by atoms with E-state index in [-0.39, 0.29) is 18.0 Å². The number of thiophene rings is 1. The molecule has 0 spiro atoms. The van der Waals surface area contributed by atoms with Gasteiger partial charge in [0.15, 0.2) is 0 Å². The summed E-state index contributed by atoms with van der Waals surface area (Å²) in [7, 11) is 0. The molecular formula is C19H15ClN6O2S. The van der Waals surface area contributed by atoms with Crippen LogP contribution in [0.4, 0.5) is 5.69 Å². The Morgan fingerprint density at radius 1 is 1.21 bits per heavy atom. The van der Waals surface area contributed by atoms with Crippen molar-refractivity contribution in [1.82, 2.24) is 24.9 Å². The Morgan fingerprint density at radius 2 is 2.07 bits per heavy atom. The van der Waals surface area contributed by atoms with Crippen molar-refractivity contribution in [3.05, 3.63) is 86.2 Å². The number of hydrogen-bond acceptors (Lipinski definition) is 6. The van der Waals surface area contributed by atoms with Gasteiger partial charge < -0.3 is 11.1 Å². The van der Waals surface area contributed by atoms with Crippen LogP contribution in [0.2, 0.25) is 4.34 Å². The lowest BCUT2D eigenvalue weighted by molar-refractivity contribution is 0.0954. The van der Waals surface area contributed by atoms with Crippen molar-refractivity contribution in [1.29, 1.82) is 0 Å². The van der Waals surface area contributed by atoms with E-state index in [0.29, 0.717) is 32.0 Å². The number of nitrogens with zero attached hydrogens (tertiary/aromatic N) is 4. The second kappa shape index (κ2) is 7.90. The van der Waals surface area contributed by atoms with Crippen LogP contribution in [0, 0.1) is 0 Å². The molecule has 0 saturated carbocycles. The smallest absolute Gasteiger partial charge is 0.261 e. The third kappa shape index (κ3) is 4.05. The highest BCUT2D eigenvalue weighted by Crippen LogP contribution is 2.22. The van der Waals surface area contributed by atoms with Crippen LogP contribution >= 0.6 is 22.9 Å². The first-order chi connectivity index (χ1) is 14.0. The summed E-state index contributed by atoms with van der Waals surface area (Å²) in [4.78, 5) is 24.6. The van der Waals surface area contributed by atoms with Gasteiger partial charge >= 0.3 is 0 Å². The van der Waals surface area contributed by atoms with Crippen LogP contribution < -0.4 is 16.6 Å². The van der Waals surface area contributed by atoms with E-state index >= 15 is 0 Å². The maximum Gasteiger partial charge on any atom is 0.261 e. The Morgan fingerprint density at radius 3 is 2.79 bits per heavy atom. The molecule has 0 aliphatic carbocycles. The number of pyridine rings is 1. The van der Waals surface area contributed by atoms with Crippen LogP contribution in [-0.2, 0) is 6.54 Å². The topological polar surface area (TPSA) is 108 Å². The Kier molecular flexibility index (Phi) is 5.15. The van der Waals surface area contributed by atoms with E-state index in [0.717, 1.165) is 0 Å². The molecule has 1 amide bonds. The zero-order valence-electron chi connectivity index (χ0n) is 14.9. The number of carbonyl (C=O) groups is 1. The summed E-state index contributed by atoms with van der Waals surface area (Å²) >= 11 is 7.06. The van der Waals surface area contributed by atoms with E-state index in [4.69, 9.17) is 17.3 Å². The summed E-state index contributed by atoms with van der Waals surface area (Å²) in [5.74, 6) is -0.228. The van der Waals surface area contributed by atoms with E-state index in [2.05, 4.69) is 15.6 Å². The number of nitrogens with two attached hydrogens (primary N) is 1. The minimum Gasteiger partial charge on any atom is -0.397 e. The molecule has 3 N–H and O–H groups in total. The van der Waals surface area contributed by atoms with Crippen LogP contribution in [0.25, 0.3) is 11.4 Å². The van der Waals surface area contributed by atoms with E-state index in [1.54, 1.807) is 54.9 Å². The molecule has 29 heavy (non-hydrogen) atoms. The van der Waals surface area contributed by atoms with Crippen molar-refractivity contribution in [2.45, 2.75) is 6.54 Å². The van der Waals surface area contributed by atoms with E-state index in [9.17, 15) is 9.59 Å². The van der Waals surface area contributed by atoms with Gasteiger partial charge in [0, 0.05) is 12.3 Å². The standard InChI is InChI=1S/C19H15ClN6O2S/c20-17-7-6-16(29-17)19(28)22-10-12-11-26(24-23-12)15-5-4-13(9-14(15)21)25-8-2-1-3-18(25)27/h1-9,11H,10,21H2,(H,22,28). The molecule has 0 aliphatic rings. The Labute approximate surface area is 174 Å². The zero-order valence-corrected chi connectivity index (χ0v) is 16.5. The zero-order chi connectivity index (χ0) is 20.4. The molecule has 0 unspecified atom stereocenters. The van der Waals surface area contributed by atoms with E-state index < -0.39 is 0 Å². The fourth-order valence-corrected chi connectivity index (χ4v) is 3.69. The summed E-state index contributed by atoms with van der Waals surface area (Å²) in [6.07, 6.45) is 3.36. The van der Waals surface area contributed by atoms with E-state index in [1.165, 1.54) is 26.7 Å². The maximum absolute atomic E-state index is 12.1. The molecule has 4 rings (SSSR count). The van der Waals surface area contributed by atoms with Gasteiger partial charge in [-0.3, -0.25) is 14.2 Å². The molecular weight excluding hydrogens is 412 g/mol. The van der Waals surface area contributed by atoms with Crippen LogP contribution in [0.5, 0.6) is 0 Å². The first-order valence-electron chi connectivity index (χ1n) is 8.54. The lowest BCUT2D eigenvalue weighted by atomic mass is 10.2. The predicted octanol–water partition coefficient (Wildman–Crippen LogP) is 2.65. The molecule has 0 fully saturated rings. The fraction of sp³-hybridized carbons (Fsp3) is 0.0526. The predicted molar refractivity (Wildman–Crippen MR) is 112 cm³/mol. The number of halogens is 1. The number of nitrogen functional groups attached to an aromatic ring is 1. The van der Waals surface area contributed by atoms with Crippen molar-refractivity contribution in [2.75, 3.05) is 5.73 Å². The van der Waals surface area contributed by atoms with Crippen LogP contribution in [0.15, 0.2) is 65.7 Å². The number of nitrogens with one attached hydrogen (secondary N) is 1. The van der Waals surface area contributed by atoms with Gasteiger partial charge in [-0.05, 0) is 36.4 Å². The van der Waals surface area contributed by atoms with Crippen LogP contribution in [-0.4, -0.2) is 25.5 Å². The monoisotopic (exact) mass is 426 g/mol. The second-order valence-corrected chi connectivity index (χ2v) is 7.81. The average Bonchev–Trinajstić information content (AvgIpc) is 3.35. The quantitative estimate of drug-likeness (QED) is 0.477. The molecule has 4 aromatic rings. The molecule has 0 bridgehead atoms. The Balaban J connectivity index is 1.50. The Bertz CT molecular complexity index is 1250. The third-order valence-electron chi connectivity index (χ3n) is 4.13. The molecule has 146 valence electrons. The second-order valence-electron chi connectivity index (χ2n) is 6.09. The van der Waals surface area contributed by atoms with Gasteiger partial charge in [0.1, 0.15) is 5.69 Å². The number of rotatable bonds is 5. The number of benzene rings is 1. The van der Waals surface area contributed by atoms with Gasteiger partial charge in [0.25, 0.3) is 11.5 Å². The summed E-state index contributed by atoms with van der Waals surface area (Å²) in [6, 6.07) is 13.5. The number of carbonyl (C=O) groups excluding carboxylic acids is 1. The largest absolute Gasteiger partial charge is 0.397 e. The third-order valence-corrected chi connectivity index (χ3v) is 5.36. The lowest BCUT2D eigenvalue weighted by Gasteiger charge is -2.09. The first kappa shape index (κ1) is 18.9. The van der Waals surface area contributed by atoms with Gasteiger partial charge in [-0.15, -0.1) is 16.4 Å². The molecule has 8 nitrogen and oxygen atoms in total. The summed E-state index contributed by atoms with van der Waals surface area (Å²) in [5.41, 5.74) is 8.30. The van der Waals surface area contributed by atoms with E-state index in [1.807, 2.05) is 0 Å². The molecule has 3 heterocycles. The minimum atomic E-state index is -0.228. The number of hydrogen-bond donors (Lipinski definition) is 2. The molecule has 0 saturated heterocycles. The van der Waals surface area contributed by atoms with Gasteiger partial charge in [-0.1, -0.05) is 22.9 Å². The van der Waals surface area contributed by atoms with Crippen molar-refractivity contribution in [3.63, 3.8) is 0 Å². The highest BCUT2D eigenvalue weighted by atomic mass is 35.5. The maximum atomic E-state index is 12.1. The van der Waals surface area contributed by atoms with Crippen molar-refractivity contribution in [3.8, 4) is 11.4 Å². The van der Waals surface area contributed by atoms with Crippen LogP contribution in [0.3, 0.4) is 0 Å². The molecule has 0 radical (unpaired) electrons. The fourth-order valence-electron chi connectivity index (χ4n) is 2.73. The highest BCUT2D eigenvalue weighted by Gasteiger charge is 2.11. The number of aromatic nitrogens is 4. The minimum absolute atomic E-state index is 0.148. The molecule has 0 atom stereocenters. The van der Waals surface area contributed by atoms with Gasteiger partial charge in [-0.25, -0.2) is 4.68 Å². The summed E-state index contributed by atoms with van der Waals surface area (Å²) < 4.78 is 3.58. The molecule has 3 aromatic heterocycles. The molecule has 0 aliphatic heterocycles. The Hall–Kier alpha value is -3.43. The molecule has 10 heteroatoms. The van der Waals surface area contributed by atoms with Gasteiger partial charge in [-0.2, -0.15) is 0 Å².